The largest absolute Gasteiger partial charge is 0.369 e. The van der Waals surface area contributed by atoms with Crippen LogP contribution in [0.4, 0.5) is 5.69 Å². The van der Waals surface area contributed by atoms with Crippen molar-refractivity contribution in [1.29, 1.82) is 0 Å². The number of anilines is 1. The second kappa shape index (κ2) is 6.14. The monoisotopic (exact) mass is 337 g/mol. The molecule has 2 N–H and O–H groups in total. The molecule has 108 valence electrons. The van der Waals surface area contributed by atoms with Crippen molar-refractivity contribution in [3.8, 4) is 0 Å². The summed E-state index contributed by atoms with van der Waals surface area (Å²) < 4.78 is 1.09. The molecule has 1 aromatic rings. The zero-order valence-electron chi connectivity index (χ0n) is 11.5. The van der Waals surface area contributed by atoms with Gasteiger partial charge in [0.1, 0.15) is 0 Å². The molecule has 0 radical (unpaired) electrons. The first-order chi connectivity index (χ1) is 9.72. The summed E-state index contributed by atoms with van der Waals surface area (Å²) in [6, 6.07) is 7.14. The lowest BCUT2D eigenvalue weighted by molar-refractivity contribution is -0.120. The Labute approximate surface area is 128 Å². The molecule has 1 amide bonds. The molecule has 5 heteroatoms. The van der Waals surface area contributed by atoms with Gasteiger partial charge >= 0.3 is 0 Å². The maximum atomic E-state index is 11.5. The second-order valence-electron chi connectivity index (χ2n) is 5.52. The lowest BCUT2D eigenvalue weighted by Gasteiger charge is -2.25. The maximum absolute atomic E-state index is 11.5. The number of nitrogens with zero attached hydrogens (tertiary/aromatic N) is 1. The van der Waals surface area contributed by atoms with E-state index in [1.54, 1.807) is 0 Å². The SMILES string of the molecule is O=C1CCN(c2cc(Br)ccc2CNC2CC2)CCN1. The molecule has 1 saturated carbocycles. The van der Waals surface area contributed by atoms with Crippen molar-refractivity contribution < 1.29 is 4.79 Å². The average molecular weight is 338 g/mol. The van der Waals surface area contributed by atoms with E-state index in [0.29, 0.717) is 12.5 Å². The van der Waals surface area contributed by atoms with Crippen molar-refractivity contribution in [1.82, 2.24) is 10.6 Å². The fourth-order valence-electron chi connectivity index (χ4n) is 2.53. The van der Waals surface area contributed by atoms with Gasteiger partial charge in [-0.15, -0.1) is 0 Å². The molecule has 0 aromatic heterocycles. The number of benzene rings is 1. The van der Waals surface area contributed by atoms with Gasteiger partial charge in [-0.05, 0) is 30.5 Å². The lowest BCUT2D eigenvalue weighted by atomic mass is 10.1. The summed E-state index contributed by atoms with van der Waals surface area (Å²) in [6.07, 6.45) is 3.17. The molecule has 3 rings (SSSR count). The van der Waals surface area contributed by atoms with E-state index in [0.717, 1.165) is 30.7 Å². The van der Waals surface area contributed by atoms with Gasteiger partial charge in [0, 0.05) is 48.8 Å². The van der Waals surface area contributed by atoms with Crippen LogP contribution in [0, 0.1) is 0 Å². The van der Waals surface area contributed by atoms with Gasteiger partial charge in [0.15, 0.2) is 0 Å². The molecule has 1 aliphatic heterocycles. The molecule has 1 aliphatic carbocycles. The normalized spacial score (nSPS) is 19.6. The first kappa shape index (κ1) is 13.9. The van der Waals surface area contributed by atoms with Crippen LogP contribution in [0.25, 0.3) is 0 Å². The highest BCUT2D eigenvalue weighted by molar-refractivity contribution is 9.10. The van der Waals surface area contributed by atoms with Gasteiger partial charge in [0.05, 0.1) is 0 Å². The topological polar surface area (TPSA) is 44.4 Å². The number of hydrogen-bond acceptors (Lipinski definition) is 3. The Bertz CT molecular complexity index is 502. The minimum atomic E-state index is 0.153. The summed E-state index contributed by atoms with van der Waals surface area (Å²) >= 11 is 3.56. The zero-order chi connectivity index (χ0) is 13.9. The van der Waals surface area contributed by atoms with Crippen LogP contribution in [0.5, 0.6) is 0 Å². The number of rotatable bonds is 4. The molecule has 1 aromatic carbocycles. The first-order valence-corrected chi connectivity index (χ1v) is 8.05. The highest BCUT2D eigenvalue weighted by Crippen LogP contribution is 2.27. The van der Waals surface area contributed by atoms with E-state index >= 15 is 0 Å². The molecule has 1 saturated heterocycles. The summed E-state index contributed by atoms with van der Waals surface area (Å²) in [4.78, 5) is 13.8. The number of halogens is 1. The summed E-state index contributed by atoms with van der Waals surface area (Å²) in [5.41, 5.74) is 2.55. The minimum Gasteiger partial charge on any atom is -0.369 e. The summed E-state index contributed by atoms with van der Waals surface area (Å²) in [5, 5.41) is 6.50. The molecular formula is C15H20BrN3O. The van der Waals surface area contributed by atoms with E-state index < -0.39 is 0 Å². The molecule has 20 heavy (non-hydrogen) atoms. The minimum absolute atomic E-state index is 0.153. The molecule has 0 atom stereocenters. The Hall–Kier alpha value is -1.07. The highest BCUT2D eigenvalue weighted by atomic mass is 79.9. The van der Waals surface area contributed by atoms with Crippen LogP contribution >= 0.6 is 15.9 Å². The van der Waals surface area contributed by atoms with Crippen molar-refractivity contribution in [2.75, 3.05) is 24.5 Å². The van der Waals surface area contributed by atoms with Gasteiger partial charge in [-0.25, -0.2) is 0 Å². The Kier molecular flexibility index (Phi) is 4.27. The summed E-state index contributed by atoms with van der Waals surface area (Å²) in [6.45, 7) is 3.29. The van der Waals surface area contributed by atoms with Crippen LogP contribution in [0.2, 0.25) is 0 Å². The highest BCUT2D eigenvalue weighted by Gasteiger charge is 2.22. The summed E-state index contributed by atoms with van der Waals surface area (Å²) in [5.74, 6) is 0.153. The number of amides is 1. The van der Waals surface area contributed by atoms with Crippen molar-refractivity contribution in [3.05, 3.63) is 28.2 Å². The standard InChI is InChI=1S/C15H20BrN3O/c16-12-2-1-11(10-18-13-3-4-13)14(9-12)19-7-5-15(20)17-6-8-19/h1-2,9,13,18H,3-8,10H2,(H,17,20). The third kappa shape index (κ3) is 3.52. The third-order valence-corrected chi connectivity index (χ3v) is 4.35. The van der Waals surface area contributed by atoms with Gasteiger partial charge in [0.25, 0.3) is 0 Å². The predicted molar refractivity (Wildman–Crippen MR) is 83.8 cm³/mol. The van der Waals surface area contributed by atoms with E-state index in [-0.39, 0.29) is 5.91 Å². The van der Waals surface area contributed by atoms with E-state index in [1.165, 1.54) is 24.1 Å². The number of carbonyl (C=O) groups excluding carboxylic acids is 1. The molecule has 2 aliphatic rings. The van der Waals surface area contributed by atoms with E-state index in [9.17, 15) is 4.79 Å². The van der Waals surface area contributed by atoms with Gasteiger partial charge in [-0.1, -0.05) is 22.0 Å². The predicted octanol–water partition coefficient (Wildman–Crippen LogP) is 2.03. The van der Waals surface area contributed by atoms with Crippen molar-refractivity contribution >= 4 is 27.5 Å². The van der Waals surface area contributed by atoms with Crippen molar-refractivity contribution in [2.24, 2.45) is 0 Å². The van der Waals surface area contributed by atoms with Crippen LogP contribution in [0.15, 0.2) is 22.7 Å². The van der Waals surface area contributed by atoms with E-state index in [2.05, 4.69) is 49.7 Å². The Morgan fingerprint density at radius 1 is 1.35 bits per heavy atom. The summed E-state index contributed by atoms with van der Waals surface area (Å²) in [7, 11) is 0. The van der Waals surface area contributed by atoms with E-state index in [1.807, 2.05) is 0 Å². The van der Waals surface area contributed by atoms with Crippen molar-refractivity contribution in [3.63, 3.8) is 0 Å². The molecule has 0 unspecified atom stereocenters. The lowest BCUT2D eigenvalue weighted by Crippen LogP contribution is -2.29. The molecule has 0 bridgehead atoms. The quantitative estimate of drug-likeness (QED) is 0.883. The van der Waals surface area contributed by atoms with Crippen LogP contribution in [0.1, 0.15) is 24.8 Å². The number of carbonyl (C=O) groups is 1. The maximum Gasteiger partial charge on any atom is 0.221 e. The second-order valence-corrected chi connectivity index (χ2v) is 6.43. The fraction of sp³-hybridized carbons (Fsp3) is 0.533. The van der Waals surface area contributed by atoms with Crippen LogP contribution in [0.3, 0.4) is 0 Å². The fourth-order valence-corrected chi connectivity index (χ4v) is 2.88. The third-order valence-electron chi connectivity index (χ3n) is 3.86. The Morgan fingerprint density at radius 2 is 2.20 bits per heavy atom. The molecule has 4 nitrogen and oxygen atoms in total. The van der Waals surface area contributed by atoms with Gasteiger partial charge in [-0.2, -0.15) is 0 Å². The Balaban J connectivity index is 1.77. The van der Waals surface area contributed by atoms with Gasteiger partial charge in [0.2, 0.25) is 5.91 Å². The first-order valence-electron chi connectivity index (χ1n) is 7.26. The number of nitrogens with one attached hydrogen (secondary N) is 2. The molecular weight excluding hydrogens is 318 g/mol. The average Bonchev–Trinajstić information content (AvgIpc) is 3.25. The smallest absolute Gasteiger partial charge is 0.221 e. The molecule has 1 heterocycles. The van der Waals surface area contributed by atoms with Gasteiger partial charge in [-0.3, -0.25) is 4.79 Å². The van der Waals surface area contributed by atoms with E-state index in [4.69, 9.17) is 0 Å². The zero-order valence-corrected chi connectivity index (χ0v) is 13.1. The van der Waals surface area contributed by atoms with Crippen LogP contribution in [-0.4, -0.2) is 31.6 Å². The van der Waals surface area contributed by atoms with Crippen molar-refractivity contribution in [2.45, 2.75) is 31.8 Å². The Morgan fingerprint density at radius 3 is 3.00 bits per heavy atom. The van der Waals surface area contributed by atoms with Gasteiger partial charge < -0.3 is 15.5 Å². The molecule has 2 fully saturated rings. The molecule has 0 spiro atoms. The number of hydrogen-bond donors (Lipinski definition) is 2. The van der Waals surface area contributed by atoms with Crippen LogP contribution < -0.4 is 15.5 Å². The van der Waals surface area contributed by atoms with Crippen LogP contribution in [-0.2, 0) is 11.3 Å².